The number of piperidine rings is 1. The summed E-state index contributed by atoms with van der Waals surface area (Å²) in [7, 11) is 3.55. The van der Waals surface area contributed by atoms with Gasteiger partial charge in [-0.05, 0) is 38.0 Å². The number of amides is 1. The van der Waals surface area contributed by atoms with Gasteiger partial charge in [-0.3, -0.25) is 9.79 Å². The summed E-state index contributed by atoms with van der Waals surface area (Å²) < 4.78 is 5.89. The topological polar surface area (TPSA) is 66.0 Å². The van der Waals surface area contributed by atoms with Crippen LogP contribution in [-0.4, -0.2) is 63.2 Å². The smallest absolute Gasteiger partial charge is 0.220 e. The van der Waals surface area contributed by atoms with Gasteiger partial charge in [-0.1, -0.05) is 12.8 Å². The van der Waals surface area contributed by atoms with Crippen LogP contribution in [0.4, 0.5) is 0 Å². The quantitative estimate of drug-likeness (QED) is 0.262. The Morgan fingerprint density at radius 3 is 2.48 bits per heavy atom. The number of hydrogen-bond donors (Lipinski definition) is 2. The molecule has 2 N–H and O–H groups in total. The zero-order chi connectivity index (χ0) is 17.2. The number of carbonyl (C=O) groups is 1. The van der Waals surface area contributed by atoms with Crippen molar-refractivity contribution < 1.29 is 9.53 Å². The van der Waals surface area contributed by atoms with E-state index in [1.54, 1.807) is 7.05 Å². The van der Waals surface area contributed by atoms with Crippen molar-refractivity contribution in [1.82, 2.24) is 15.5 Å². The maximum absolute atomic E-state index is 11.5. The second-order valence-corrected chi connectivity index (χ2v) is 6.91. The number of halogens is 1. The van der Waals surface area contributed by atoms with Gasteiger partial charge in [0.05, 0.1) is 6.10 Å². The molecule has 6 nitrogen and oxygen atoms in total. The number of carbonyl (C=O) groups excluding carboxylic acids is 1. The van der Waals surface area contributed by atoms with Crippen molar-refractivity contribution in [1.29, 1.82) is 0 Å². The van der Waals surface area contributed by atoms with Gasteiger partial charge >= 0.3 is 0 Å². The highest BCUT2D eigenvalue weighted by Gasteiger charge is 2.23. The highest BCUT2D eigenvalue weighted by atomic mass is 127. The number of rotatable bonds is 7. The molecule has 2 fully saturated rings. The van der Waals surface area contributed by atoms with E-state index in [2.05, 4.69) is 20.5 Å². The predicted octanol–water partition coefficient (Wildman–Crippen LogP) is 2.38. The van der Waals surface area contributed by atoms with Gasteiger partial charge in [-0.25, -0.2) is 0 Å². The van der Waals surface area contributed by atoms with Crippen LogP contribution in [0.25, 0.3) is 0 Å². The average molecular weight is 466 g/mol. The molecule has 1 aliphatic carbocycles. The van der Waals surface area contributed by atoms with Gasteiger partial charge in [0.25, 0.3) is 0 Å². The van der Waals surface area contributed by atoms with Gasteiger partial charge in [-0.15, -0.1) is 24.0 Å². The van der Waals surface area contributed by atoms with Crippen LogP contribution in [0.5, 0.6) is 0 Å². The summed E-state index contributed by atoms with van der Waals surface area (Å²) in [6.07, 6.45) is 9.40. The molecule has 0 aromatic carbocycles. The summed E-state index contributed by atoms with van der Waals surface area (Å²) >= 11 is 0. The maximum atomic E-state index is 11.5. The average Bonchev–Trinajstić information content (AvgIpc) is 3.12. The standard InChI is InChI=1S/C18H34N4O2.HI/c1-19-17(23)14-15-8-11-22(12-9-15)18(20-2)21-10-5-13-24-16-6-3-4-7-16;/h15-16H,3-14H2,1-2H3,(H,19,23)(H,20,21);1H. The summed E-state index contributed by atoms with van der Waals surface area (Å²) in [5.74, 6) is 1.63. The summed E-state index contributed by atoms with van der Waals surface area (Å²) in [5, 5.41) is 6.16. The largest absolute Gasteiger partial charge is 0.378 e. The third-order valence-electron chi connectivity index (χ3n) is 5.14. The van der Waals surface area contributed by atoms with Gasteiger partial charge in [0.2, 0.25) is 5.91 Å². The first-order valence-electron chi connectivity index (χ1n) is 9.50. The number of likely N-dealkylation sites (tertiary alicyclic amines) is 1. The maximum Gasteiger partial charge on any atom is 0.220 e. The molecule has 7 heteroatoms. The lowest BCUT2D eigenvalue weighted by molar-refractivity contribution is -0.121. The van der Waals surface area contributed by atoms with Crippen LogP contribution in [0.3, 0.4) is 0 Å². The summed E-state index contributed by atoms with van der Waals surface area (Å²) in [6.45, 7) is 3.68. The number of hydrogen-bond acceptors (Lipinski definition) is 3. The molecule has 1 heterocycles. The minimum Gasteiger partial charge on any atom is -0.378 e. The second-order valence-electron chi connectivity index (χ2n) is 6.91. The van der Waals surface area contributed by atoms with Gasteiger partial charge in [-0.2, -0.15) is 0 Å². The first-order chi connectivity index (χ1) is 11.7. The van der Waals surface area contributed by atoms with Crippen molar-refractivity contribution in [3.05, 3.63) is 0 Å². The third-order valence-corrected chi connectivity index (χ3v) is 5.14. The Morgan fingerprint density at radius 2 is 1.88 bits per heavy atom. The van der Waals surface area contributed by atoms with E-state index in [0.29, 0.717) is 18.4 Å². The molecule has 0 aromatic heterocycles. The summed E-state index contributed by atoms with van der Waals surface area (Å²) in [4.78, 5) is 18.2. The van der Waals surface area contributed by atoms with Crippen molar-refractivity contribution in [3.8, 4) is 0 Å². The zero-order valence-electron chi connectivity index (χ0n) is 15.8. The van der Waals surface area contributed by atoms with E-state index in [9.17, 15) is 4.79 Å². The molecule has 146 valence electrons. The number of ether oxygens (including phenoxy) is 1. The van der Waals surface area contributed by atoms with E-state index in [1.165, 1.54) is 25.7 Å². The molecule has 0 spiro atoms. The third kappa shape index (κ3) is 8.11. The zero-order valence-corrected chi connectivity index (χ0v) is 18.1. The van der Waals surface area contributed by atoms with Gasteiger partial charge in [0.1, 0.15) is 0 Å². The molecule has 25 heavy (non-hydrogen) atoms. The fourth-order valence-electron chi connectivity index (χ4n) is 3.62. The Balaban J connectivity index is 0.00000312. The number of nitrogens with zero attached hydrogens (tertiary/aromatic N) is 2. The van der Waals surface area contributed by atoms with Crippen LogP contribution >= 0.6 is 24.0 Å². The number of aliphatic imine (C=N–C) groups is 1. The van der Waals surface area contributed by atoms with E-state index >= 15 is 0 Å². The van der Waals surface area contributed by atoms with E-state index in [0.717, 1.165) is 51.5 Å². The SMILES string of the molecule is CN=C(NCCCOC1CCCC1)N1CCC(CC(=O)NC)CC1.I. The molecule has 0 bridgehead atoms. The van der Waals surface area contributed by atoms with Crippen LogP contribution in [0, 0.1) is 5.92 Å². The van der Waals surface area contributed by atoms with E-state index in [-0.39, 0.29) is 29.9 Å². The number of nitrogens with one attached hydrogen (secondary N) is 2. The predicted molar refractivity (Wildman–Crippen MR) is 113 cm³/mol. The van der Waals surface area contributed by atoms with Crippen LogP contribution < -0.4 is 10.6 Å². The molecule has 0 aromatic rings. The molecule has 0 atom stereocenters. The van der Waals surface area contributed by atoms with E-state index < -0.39 is 0 Å². The Morgan fingerprint density at radius 1 is 1.20 bits per heavy atom. The highest BCUT2D eigenvalue weighted by molar-refractivity contribution is 14.0. The first-order valence-corrected chi connectivity index (χ1v) is 9.50. The fourth-order valence-corrected chi connectivity index (χ4v) is 3.62. The Hall–Kier alpha value is -0.570. The molecule has 0 radical (unpaired) electrons. The van der Waals surface area contributed by atoms with E-state index in [4.69, 9.17) is 4.74 Å². The van der Waals surface area contributed by atoms with Crippen LogP contribution in [0.15, 0.2) is 4.99 Å². The lowest BCUT2D eigenvalue weighted by atomic mass is 9.93. The van der Waals surface area contributed by atoms with Crippen molar-refractivity contribution >= 4 is 35.8 Å². The monoisotopic (exact) mass is 466 g/mol. The molecule has 1 saturated carbocycles. The lowest BCUT2D eigenvalue weighted by Crippen LogP contribution is -2.46. The molecular formula is C18H35IN4O2. The molecule has 0 unspecified atom stereocenters. The Labute approximate surface area is 169 Å². The molecule has 1 aliphatic heterocycles. The molecule has 1 amide bonds. The first kappa shape index (κ1) is 22.5. The van der Waals surface area contributed by atoms with Crippen LogP contribution in [0.2, 0.25) is 0 Å². The molecule has 2 aliphatic rings. The van der Waals surface area contributed by atoms with Crippen LogP contribution in [0.1, 0.15) is 51.4 Å². The van der Waals surface area contributed by atoms with Gasteiger partial charge in [0.15, 0.2) is 5.96 Å². The minimum absolute atomic E-state index is 0. The summed E-state index contributed by atoms with van der Waals surface area (Å²) in [5.41, 5.74) is 0. The molecule has 2 rings (SSSR count). The second kappa shape index (κ2) is 12.7. The highest BCUT2D eigenvalue weighted by Crippen LogP contribution is 2.21. The Bertz CT molecular complexity index is 406. The van der Waals surface area contributed by atoms with Crippen molar-refractivity contribution in [3.63, 3.8) is 0 Å². The normalized spacial score (nSPS) is 19.6. The van der Waals surface area contributed by atoms with Gasteiger partial charge in [0, 0.05) is 46.8 Å². The lowest BCUT2D eigenvalue weighted by Gasteiger charge is -2.34. The van der Waals surface area contributed by atoms with E-state index in [1.807, 2.05) is 7.05 Å². The summed E-state index contributed by atoms with van der Waals surface area (Å²) in [6, 6.07) is 0. The molecular weight excluding hydrogens is 431 g/mol. The number of guanidine groups is 1. The minimum atomic E-state index is 0. The van der Waals surface area contributed by atoms with Gasteiger partial charge < -0.3 is 20.3 Å². The fraction of sp³-hybridized carbons (Fsp3) is 0.889. The van der Waals surface area contributed by atoms with Crippen molar-refractivity contribution in [2.75, 3.05) is 40.3 Å². The van der Waals surface area contributed by atoms with Crippen molar-refractivity contribution in [2.45, 2.75) is 57.5 Å². The van der Waals surface area contributed by atoms with Crippen molar-refractivity contribution in [2.24, 2.45) is 10.9 Å². The van der Waals surface area contributed by atoms with Crippen LogP contribution in [-0.2, 0) is 9.53 Å². The Kier molecular flexibility index (Phi) is 11.4. The molecule has 1 saturated heterocycles.